The van der Waals surface area contributed by atoms with Crippen LogP contribution in [0.2, 0.25) is 0 Å². The second-order valence-corrected chi connectivity index (χ2v) is 5.01. The Bertz CT molecular complexity index is 696. The van der Waals surface area contributed by atoms with Crippen LogP contribution in [-0.2, 0) is 21.7 Å². The third-order valence-electron chi connectivity index (χ3n) is 2.81. The number of para-hydroxylation sites is 1. The zero-order chi connectivity index (χ0) is 15.8. The van der Waals surface area contributed by atoms with Crippen LogP contribution in [0, 0.1) is 0 Å². The average Bonchev–Trinajstić information content (AvgIpc) is 2.54. The van der Waals surface area contributed by atoms with Crippen LogP contribution in [-0.4, -0.2) is 20.4 Å². The number of hydrogen-bond donors (Lipinski definition) is 1. The van der Waals surface area contributed by atoms with E-state index in [1.165, 1.54) is 0 Å². The molecule has 114 valence electrons. The van der Waals surface area contributed by atoms with Crippen molar-refractivity contribution in [3.05, 3.63) is 66.2 Å². The molecular formula is C15H14N2O4S. The predicted octanol–water partition coefficient (Wildman–Crippen LogP) is 1.77. The fraction of sp³-hybridized carbons (Fsp3) is 0.133. The number of hydrogen-bond acceptors (Lipinski definition) is 5. The summed E-state index contributed by atoms with van der Waals surface area (Å²) in [7, 11) is -2.71. The highest BCUT2D eigenvalue weighted by Crippen LogP contribution is 2.14. The number of carbonyl (C=O) groups excluding carboxylic acids is 1. The Morgan fingerprint density at radius 1 is 1.05 bits per heavy atom. The third kappa shape index (κ3) is 5.02. The summed E-state index contributed by atoms with van der Waals surface area (Å²) in [5.41, 5.74) is 2.86. The fourth-order valence-electron chi connectivity index (χ4n) is 1.83. The van der Waals surface area contributed by atoms with Crippen LogP contribution in [0.1, 0.15) is 5.56 Å². The predicted molar refractivity (Wildman–Crippen MR) is 80.5 cm³/mol. The number of carbonyl (C=O) groups is 1. The van der Waals surface area contributed by atoms with E-state index in [0.29, 0.717) is 12.2 Å². The first-order valence-corrected chi connectivity index (χ1v) is 7.54. The SMILES string of the molecule is O=C(NN=S(=O)=O)C(Cc1ccccc1)Oc1ccccc1. The van der Waals surface area contributed by atoms with E-state index in [0.717, 1.165) is 5.56 Å². The topological polar surface area (TPSA) is 84.8 Å². The van der Waals surface area contributed by atoms with Crippen molar-refractivity contribution >= 4 is 16.4 Å². The molecule has 0 aliphatic heterocycles. The number of nitrogens with one attached hydrogen (secondary N) is 1. The van der Waals surface area contributed by atoms with Gasteiger partial charge in [-0.2, -0.15) is 8.42 Å². The van der Waals surface area contributed by atoms with Crippen LogP contribution in [0.4, 0.5) is 0 Å². The zero-order valence-electron chi connectivity index (χ0n) is 11.5. The van der Waals surface area contributed by atoms with Crippen molar-refractivity contribution in [3.63, 3.8) is 0 Å². The largest absolute Gasteiger partial charge is 0.480 e. The van der Waals surface area contributed by atoms with E-state index < -0.39 is 22.5 Å². The number of nitrogens with zero attached hydrogens (tertiary/aromatic N) is 1. The average molecular weight is 318 g/mol. The lowest BCUT2D eigenvalue weighted by Crippen LogP contribution is -2.37. The summed E-state index contributed by atoms with van der Waals surface area (Å²) >= 11 is 0. The van der Waals surface area contributed by atoms with Gasteiger partial charge in [0, 0.05) is 6.42 Å². The van der Waals surface area contributed by atoms with Gasteiger partial charge in [-0.3, -0.25) is 4.79 Å². The van der Waals surface area contributed by atoms with Gasteiger partial charge >= 0.3 is 10.5 Å². The molecule has 7 heteroatoms. The number of rotatable bonds is 6. The zero-order valence-corrected chi connectivity index (χ0v) is 12.4. The molecule has 0 fully saturated rings. The molecule has 0 aliphatic carbocycles. The minimum Gasteiger partial charge on any atom is -0.480 e. The summed E-state index contributed by atoms with van der Waals surface area (Å²) < 4.78 is 29.4. The lowest BCUT2D eigenvalue weighted by atomic mass is 10.1. The number of ether oxygens (including phenoxy) is 1. The summed E-state index contributed by atoms with van der Waals surface area (Å²) in [4.78, 5) is 12.1. The molecule has 1 N–H and O–H groups in total. The molecule has 0 radical (unpaired) electrons. The Labute approximate surface area is 129 Å². The third-order valence-corrected chi connectivity index (χ3v) is 3.05. The molecule has 0 spiro atoms. The smallest absolute Gasteiger partial charge is 0.332 e. The van der Waals surface area contributed by atoms with Gasteiger partial charge in [-0.25, -0.2) is 5.43 Å². The van der Waals surface area contributed by atoms with Gasteiger partial charge < -0.3 is 4.74 Å². The molecular weight excluding hydrogens is 304 g/mol. The Morgan fingerprint density at radius 2 is 1.64 bits per heavy atom. The summed E-state index contributed by atoms with van der Waals surface area (Å²) in [5.74, 6) is -0.112. The Morgan fingerprint density at radius 3 is 2.23 bits per heavy atom. The van der Waals surface area contributed by atoms with Crippen LogP contribution < -0.4 is 10.2 Å². The summed E-state index contributed by atoms with van der Waals surface area (Å²) in [6.45, 7) is 0. The van der Waals surface area contributed by atoms with Crippen LogP contribution in [0.5, 0.6) is 5.75 Å². The Hall–Kier alpha value is -2.67. The molecule has 22 heavy (non-hydrogen) atoms. The molecule has 1 unspecified atom stereocenters. The molecule has 6 nitrogen and oxygen atoms in total. The molecule has 0 heterocycles. The molecule has 0 bridgehead atoms. The van der Waals surface area contributed by atoms with Crippen molar-refractivity contribution in [3.8, 4) is 5.75 Å². The minimum absolute atomic E-state index is 0.294. The van der Waals surface area contributed by atoms with Crippen molar-refractivity contribution in [2.45, 2.75) is 12.5 Å². The highest BCUT2D eigenvalue weighted by atomic mass is 32.2. The standard InChI is InChI=1S/C15H14N2O4S/c18-15(16-17-22(19)20)14(11-12-7-3-1-4-8-12)21-13-9-5-2-6-10-13/h1-10,14H,11H2,(H,16,18). The monoisotopic (exact) mass is 318 g/mol. The van der Waals surface area contributed by atoms with E-state index in [1.807, 2.05) is 41.8 Å². The molecule has 1 atom stereocenters. The fourth-order valence-corrected chi connectivity index (χ4v) is 2.00. The molecule has 0 aliphatic rings. The van der Waals surface area contributed by atoms with Crippen LogP contribution in [0.15, 0.2) is 65.1 Å². The first-order chi connectivity index (χ1) is 10.6. The van der Waals surface area contributed by atoms with Gasteiger partial charge in [-0.1, -0.05) is 53.0 Å². The van der Waals surface area contributed by atoms with E-state index in [1.54, 1.807) is 24.3 Å². The molecule has 0 saturated carbocycles. The van der Waals surface area contributed by atoms with Crippen molar-refractivity contribution in [2.24, 2.45) is 4.47 Å². The van der Waals surface area contributed by atoms with Gasteiger partial charge in [0.1, 0.15) is 5.75 Å². The number of benzene rings is 2. The van der Waals surface area contributed by atoms with E-state index in [9.17, 15) is 13.2 Å². The first kappa shape index (κ1) is 15.7. The maximum atomic E-state index is 12.1. The van der Waals surface area contributed by atoms with Gasteiger partial charge in [-0.15, -0.1) is 0 Å². The lowest BCUT2D eigenvalue weighted by molar-refractivity contribution is -0.127. The molecule has 0 aromatic heterocycles. The Kier molecular flexibility index (Phi) is 5.67. The van der Waals surface area contributed by atoms with E-state index in [4.69, 9.17) is 4.74 Å². The van der Waals surface area contributed by atoms with Crippen LogP contribution in [0.3, 0.4) is 0 Å². The van der Waals surface area contributed by atoms with Gasteiger partial charge in [0.05, 0.1) is 0 Å². The van der Waals surface area contributed by atoms with Crippen molar-refractivity contribution < 1.29 is 17.9 Å². The van der Waals surface area contributed by atoms with E-state index in [-0.39, 0.29) is 0 Å². The molecule has 2 aromatic rings. The molecule has 2 rings (SSSR count). The van der Waals surface area contributed by atoms with Crippen LogP contribution in [0.25, 0.3) is 0 Å². The molecule has 1 amide bonds. The summed E-state index contributed by atoms with van der Waals surface area (Å²) in [6, 6.07) is 18.1. The van der Waals surface area contributed by atoms with E-state index in [2.05, 4.69) is 4.47 Å². The van der Waals surface area contributed by atoms with Gasteiger partial charge in [0.2, 0.25) is 0 Å². The number of amides is 1. The highest BCUT2D eigenvalue weighted by Gasteiger charge is 2.21. The lowest BCUT2D eigenvalue weighted by Gasteiger charge is -2.17. The maximum Gasteiger partial charge on any atom is 0.332 e. The quantitative estimate of drug-likeness (QED) is 0.823. The van der Waals surface area contributed by atoms with Gasteiger partial charge in [0.25, 0.3) is 5.91 Å². The highest BCUT2D eigenvalue weighted by molar-refractivity contribution is 7.61. The first-order valence-electron chi connectivity index (χ1n) is 6.51. The van der Waals surface area contributed by atoms with Crippen molar-refractivity contribution in [2.75, 3.05) is 0 Å². The maximum absolute atomic E-state index is 12.1. The second kappa shape index (κ2) is 7.94. The van der Waals surface area contributed by atoms with Gasteiger partial charge in [0.15, 0.2) is 6.10 Å². The summed E-state index contributed by atoms with van der Waals surface area (Å²) in [5, 5.41) is 0. The van der Waals surface area contributed by atoms with Crippen molar-refractivity contribution in [1.82, 2.24) is 5.43 Å². The van der Waals surface area contributed by atoms with Crippen LogP contribution >= 0.6 is 0 Å². The molecule has 2 aromatic carbocycles. The molecule has 0 saturated heterocycles. The van der Waals surface area contributed by atoms with Gasteiger partial charge in [-0.05, 0) is 17.7 Å². The van der Waals surface area contributed by atoms with Crippen molar-refractivity contribution in [1.29, 1.82) is 0 Å². The normalized spacial score (nSPS) is 11.3. The van der Waals surface area contributed by atoms with E-state index >= 15 is 0 Å². The minimum atomic E-state index is -2.71. The second-order valence-electron chi connectivity index (χ2n) is 4.39. The Balaban J connectivity index is 2.16. The summed E-state index contributed by atoms with van der Waals surface area (Å²) in [6.07, 6.45) is -0.597.